The molecule has 1 fully saturated rings. The molecule has 2 unspecified atom stereocenters. The van der Waals surface area contributed by atoms with Gasteiger partial charge >= 0.3 is 0 Å². The van der Waals surface area contributed by atoms with Crippen molar-refractivity contribution >= 4 is 11.8 Å². The van der Waals surface area contributed by atoms with Gasteiger partial charge in [-0.05, 0) is 18.9 Å². The van der Waals surface area contributed by atoms with Crippen LogP contribution in [0, 0.1) is 0 Å². The molecule has 1 aromatic rings. The average molecular weight is 276 g/mol. The monoisotopic (exact) mass is 276 g/mol. The number of nitrogens with one attached hydrogen (secondary N) is 1. The number of piperidine rings is 1. The number of imide groups is 1. The molecule has 0 bridgehead atoms. The number of likely N-dealkylation sites (tertiary alicyclic amines) is 1. The van der Waals surface area contributed by atoms with Crippen LogP contribution < -0.4 is 5.32 Å². The smallest absolute Gasteiger partial charge is 0.246 e. The van der Waals surface area contributed by atoms with Gasteiger partial charge in [-0.2, -0.15) is 0 Å². The van der Waals surface area contributed by atoms with Crippen LogP contribution in [0.25, 0.3) is 0 Å². The molecule has 5 heteroatoms. The normalized spacial score (nSPS) is 22.8. The topological polar surface area (TPSA) is 69.6 Å². The number of likely N-dealkylation sites (N-methyl/N-ethyl adjacent to an activating group) is 1. The van der Waals surface area contributed by atoms with Crippen LogP contribution in [0.15, 0.2) is 30.3 Å². The van der Waals surface area contributed by atoms with Crippen LogP contribution in [0.5, 0.6) is 0 Å². The van der Waals surface area contributed by atoms with Gasteiger partial charge in [0.2, 0.25) is 11.8 Å². The van der Waals surface area contributed by atoms with E-state index < -0.39 is 11.6 Å². The summed E-state index contributed by atoms with van der Waals surface area (Å²) >= 11 is 0. The third-order valence-corrected chi connectivity index (χ3v) is 3.74. The van der Waals surface area contributed by atoms with Gasteiger partial charge in [0.05, 0.1) is 11.6 Å². The van der Waals surface area contributed by atoms with E-state index in [-0.39, 0.29) is 18.4 Å². The summed E-state index contributed by atoms with van der Waals surface area (Å²) in [5, 5.41) is 13.5. The van der Waals surface area contributed by atoms with Gasteiger partial charge < -0.3 is 10.4 Å². The van der Waals surface area contributed by atoms with E-state index in [1.807, 2.05) is 30.3 Å². The Morgan fingerprint density at radius 3 is 2.65 bits per heavy atom. The Labute approximate surface area is 118 Å². The zero-order chi connectivity index (χ0) is 14.8. The second-order valence-corrected chi connectivity index (χ2v) is 5.40. The molecule has 2 amide bonds. The molecule has 1 aliphatic heterocycles. The third-order valence-electron chi connectivity index (χ3n) is 3.74. The van der Waals surface area contributed by atoms with Gasteiger partial charge in [-0.3, -0.25) is 14.5 Å². The molecule has 2 rings (SSSR count). The largest absolute Gasteiger partial charge is 0.384 e. The summed E-state index contributed by atoms with van der Waals surface area (Å²) in [4.78, 5) is 24.5. The maximum atomic E-state index is 12.0. The molecule has 1 aromatic carbocycles. The third kappa shape index (κ3) is 3.05. The summed E-state index contributed by atoms with van der Waals surface area (Å²) in [7, 11) is 1.49. The Kier molecular flexibility index (Phi) is 4.20. The molecule has 0 spiro atoms. The highest BCUT2D eigenvalue weighted by Crippen LogP contribution is 2.20. The van der Waals surface area contributed by atoms with E-state index in [4.69, 9.17) is 0 Å². The van der Waals surface area contributed by atoms with Crippen molar-refractivity contribution in [3.05, 3.63) is 35.9 Å². The van der Waals surface area contributed by atoms with E-state index >= 15 is 0 Å². The lowest BCUT2D eigenvalue weighted by molar-refractivity contribution is -0.148. The predicted octanol–water partition coefficient (Wildman–Crippen LogP) is 0.631. The first-order valence-electron chi connectivity index (χ1n) is 6.73. The Morgan fingerprint density at radius 1 is 1.35 bits per heavy atom. The number of carbonyl (C=O) groups excluding carboxylic acids is 2. The second-order valence-electron chi connectivity index (χ2n) is 5.40. The van der Waals surface area contributed by atoms with E-state index in [2.05, 4.69) is 5.32 Å². The summed E-state index contributed by atoms with van der Waals surface area (Å²) in [6.45, 7) is 1.97. The van der Waals surface area contributed by atoms with Crippen molar-refractivity contribution < 1.29 is 14.7 Å². The van der Waals surface area contributed by atoms with Crippen LogP contribution in [0.1, 0.15) is 25.3 Å². The zero-order valence-corrected chi connectivity index (χ0v) is 11.8. The highest BCUT2D eigenvalue weighted by atomic mass is 16.3. The fraction of sp³-hybridized carbons (Fsp3) is 0.467. The van der Waals surface area contributed by atoms with Gasteiger partial charge in [-0.25, -0.2) is 0 Å². The predicted molar refractivity (Wildman–Crippen MR) is 74.8 cm³/mol. The zero-order valence-electron chi connectivity index (χ0n) is 11.8. The number of nitrogens with zero attached hydrogens (tertiary/aromatic N) is 1. The summed E-state index contributed by atoms with van der Waals surface area (Å²) in [5.74, 6) is -0.381. The van der Waals surface area contributed by atoms with Crippen LogP contribution in [-0.2, 0) is 15.2 Å². The number of hydrogen-bond donors (Lipinski definition) is 2. The molecular weight excluding hydrogens is 256 g/mol. The number of carbonyl (C=O) groups is 2. The van der Waals surface area contributed by atoms with E-state index in [1.165, 1.54) is 7.05 Å². The number of amides is 2. The molecular formula is C15H20N2O3. The first-order valence-corrected chi connectivity index (χ1v) is 6.73. The van der Waals surface area contributed by atoms with Gasteiger partial charge in [0, 0.05) is 20.0 Å². The Hall–Kier alpha value is -1.72. The minimum Gasteiger partial charge on any atom is -0.384 e. The standard InChI is InChI=1S/C15H20N2O3/c1-15(20,11-6-4-3-5-7-11)10-16-12-8-9-13(18)17(2)14(12)19/h3-7,12,16,20H,8-10H2,1-2H3. The summed E-state index contributed by atoms with van der Waals surface area (Å²) in [6.07, 6.45) is 0.834. The van der Waals surface area contributed by atoms with Gasteiger partial charge in [0.25, 0.3) is 0 Å². The maximum Gasteiger partial charge on any atom is 0.246 e. The van der Waals surface area contributed by atoms with E-state index in [0.717, 1.165) is 10.5 Å². The lowest BCUT2D eigenvalue weighted by Gasteiger charge is -2.31. The second kappa shape index (κ2) is 5.73. The molecule has 0 aromatic heterocycles. The van der Waals surface area contributed by atoms with Gasteiger partial charge in [-0.15, -0.1) is 0 Å². The van der Waals surface area contributed by atoms with Crippen LogP contribution in [0.4, 0.5) is 0 Å². The van der Waals surface area contributed by atoms with Crippen LogP contribution in [0.3, 0.4) is 0 Å². The SMILES string of the molecule is CN1C(=O)CCC(NCC(C)(O)c2ccccc2)C1=O. The molecule has 1 aliphatic rings. The molecule has 2 N–H and O–H groups in total. The first kappa shape index (κ1) is 14.7. The molecule has 108 valence electrons. The number of benzene rings is 1. The van der Waals surface area contributed by atoms with Crippen molar-refractivity contribution in [2.45, 2.75) is 31.4 Å². The van der Waals surface area contributed by atoms with Crippen molar-refractivity contribution in [3.8, 4) is 0 Å². The number of aliphatic hydroxyl groups is 1. The average Bonchev–Trinajstić information content (AvgIpc) is 2.45. The lowest BCUT2D eigenvalue weighted by atomic mass is 9.95. The van der Waals surface area contributed by atoms with Gasteiger partial charge in [-0.1, -0.05) is 30.3 Å². The van der Waals surface area contributed by atoms with Crippen molar-refractivity contribution in [3.63, 3.8) is 0 Å². The molecule has 0 radical (unpaired) electrons. The quantitative estimate of drug-likeness (QED) is 0.792. The van der Waals surface area contributed by atoms with Crippen LogP contribution in [-0.4, -0.2) is 41.5 Å². The molecule has 0 saturated carbocycles. The molecule has 1 heterocycles. The van der Waals surface area contributed by atoms with Crippen molar-refractivity contribution in [1.82, 2.24) is 10.2 Å². The summed E-state index contributed by atoms with van der Waals surface area (Å²) in [6, 6.07) is 8.90. The minimum atomic E-state index is -1.05. The maximum absolute atomic E-state index is 12.0. The summed E-state index contributed by atoms with van der Waals surface area (Å²) < 4.78 is 0. The fourth-order valence-electron chi connectivity index (χ4n) is 2.33. The Balaban J connectivity index is 1.98. The Bertz CT molecular complexity index is 499. The van der Waals surface area contributed by atoms with Gasteiger partial charge in [0.1, 0.15) is 0 Å². The van der Waals surface area contributed by atoms with Crippen LogP contribution >= 0.6 is 0 Å². The molecule has 1 saturated heterocycles. The Morgan fingerprint density at radius 2 is 2.00 bits per heavy atom. The van der Waals surface area contributed by atoms with Gasteiger partial charge in [0.15, 0.2) is 0 Å². The van der Waals surface area contributed by atoms with Crippen molar-refractivity contribution in [1.29, 1.82) is 0 Å². The van der Waals surface area contributed by atoms with Crippen LogP contribution in [0.2, 0.25) is 0 Å². The van der Waals surface area contributed by atoms with E-state index in [1.54, 1.807) is 6.92 Å². The molecule has 0 aliphatic carbocycles. The van der Waals surface area contributed by atoms with E-state index in [9.17, 15) is 14.7 Å². The molecule has 5 nitrogen and oxygen atoms in total. The lowest BCUT2D eigenvalue weighted by Crippen LogP contribution is -2.53. The van der Waals surface area contributed by atoms with E-state index in [0.29, 0.717) is 12.8 Å². The summed E-state index contributed by atoms with van der Waals surface area (Å²) in [5.41, 5.74) is -0.262. The highest BCUT2D eigenvalue weighted by molar-refractivity contribution is 6.00. The fourth-order valence-corrected chi connectivity index (χ4v) is 2.33. The van der Waals surface area contributed by atoms with Crippen molar-refractivity contribution in [2.75, 3.05) is 13.6 Å². The number of rotatable bonds is 4. The first-order chi connectivity index (χ1) is 9.42. The highest BCUT2D eigenvalue weighted by Gasteiger charge is 2.33. The molecule has 20 heavy (non-hydrogen) atoms. The minimum absolute atomic E-state index is 0.150. The number of hydrogen-bond acceptors (Lipinski definition) is 4. The molecule has 2 atom stereocenters. The van der Waals surface area contributed by atoms with Crippen molar-refractivity contribution in [2.24, 2.45) is 0 Å².